The summed E-state index contributed by atoms with van der Waals surface area (Å²) in [4.78, 5) is 25.0. The van der Waals surface area contributed by atoms with E-state index < -0.39 is 5.25 Å². The number of hydrogen-bond donors (Lipinski definition) is 1. The summed E-state index contributed by atoms with van der Waals surface area (Å²) in [5, 5.41) is 11.0. The fraction of sp³-hybridized carbons (Fsp3) is 0.333. The quantitative estimate of drug-likeness (QED) is 0.626. The Balaban J connectivity index is 2.14. The van der Waals surface area contributed by atoms with Gasteiger partial charge in [0, 0.05) is 25.0 Å². The number of benzene rings is 1. The highest BCUT2D eigenvalue weighted by atomic mass is 79.9. The van der Waals surface area contributed by atoms with Crippen LogP contribution in [0.4, 0.5) is 0 Å². The molecule has 1 aliphatic heterocycles. The summed E-state index contributed by atoms with van der Waals surface area (Å²) in [6.45, 7) is 1.86. The lowest BCUT2D eigenvalue weighted by Crippen LogP contribution is -2.31. The molecule has 1 saturated heterocycles. The van der Waals surface area contributed by atoms with Crippen LogP contribution in [0.3, 0.4) is 0 Å². The van der Waals surface area contributed by atoms with Crippen molar-refractivity contribution >= 4 is 50.4 Å². The van der Waals surface area contributed by atoms with Crippen molar-refractivity contribution in [2.45, 2.75) is 18.6 Å². The van der Waals surface area contributed by atoms with Crippen LogP contribution in [-0.2, 0) is 9.59 Å². The summed E-state index contributed by atoms with van der Waals surface area (Å²) in [5.41, 5.74) is 1.69. The number of nitrogens with zero attached hydrogens (tertiary/aromatic N) is 3. The largest absolute Gasteiger partial charge is 0.359 e. The van der Waals surface area contributed by atoms with Crippen LogP contribution in [-0.4, -0.2) is 46.9 Å². The highest BCUT2D eigenvalue weighted by molar-refractivity contribution is 9.10. The van der Waals surface area contributed by atoms with Crippen LogP contribution in [0.15, 0.2) is 38.9 Å². The van der Waals surface area contributed by atoms with Gasteiger partial charge in [0.05, 0.1) is 5.71 Å². The van der Waals surface area contributed by atoms with Gasteiger partial charge in [-0.25, -0.2) is 0 Å². The van der Waals surface area contributed by atoms with E-state index >= 15 is 0 Å². The third-order valence-electron chi connectivity index (χ3n) is 3.32. The fourth-order valence-electron chi connectivity index (χ4n) is 1.95. The first-order valence-electron chi connectivity index (χ1n) is 6.95. The number of hydrogen-bond acceptors (Lipinski definition) is 5. The number of halogens is 1. The van der Waals surface area contributed by atoms with E-state index in [9.17, 15) is 9.59 Å². The molecule has 1 aromatic carbocycles. The monoisotopic (exact) mass is 396 g/mol. The maximum atomic E-state index is 12.1. The minimum atomic E-state index is -0.444. The molecule has 0 aromatic heterocycles. The van der Waals surface area contributed by atoms with Gasteiger partial charge in [0.15, 0.2) is 5.17 Å². The van der Waals surface area contributed by atoms with Crippen LogP contribution in [0.2, 0.25) is 0 Å². The van der Waals surface area contributed by atoms with Gasteiger partial charge in [0.1, 0.15) is 5.25 Å². The average molecular weight is 397 g/mol. The van der Waals surface area contributed by atoms with E-state index in [0.717, 1.165) is 15.7 Å². The molecule has 1 atom stereocenters. The van der Waals surface area contributed by atoms with Crippen molar-refractivity contribution in [2.24, 2.45) is 10.2 Å². The number of nitrogens with one attached hydrogen (secondary N) is 1. The Morgan fingerprint density at radius 3 is 2.87 bits per heavy atom. The van der Waals surface area contributed by atoms with E-state index in [4.69, 9.17) is 0 Å². The summed E-state index contributed by atoms with van der Waals surface area (Å²) >= 11 is 4.68. The molecule has 6 nitrogen and oxygen atoms in total. The Hall–Kier alpha value is -1.67. The number of amides is 2. The first-order valence-corrected chi connectivity index (χ1v) is 8.62. The molecule has 2 amide bonds. The predicted octanol–water partition coefficient (Wildman–Crippen LogP) is 2.24. The van der Waals surface area contributed by atoms with Crippen LogP contribution >= 0.6 is 27.7 Å². The molecule has 122 valence electrons. The van der Waals surface area contributed by atoms with Gasteiger partial charge in [-0.15, -0.1) is 5.10 Å². The Morgan fingerprint density at radius 1 is 1.48 bits per heavy atom. The summed E-state index contributed by atoms with van der Waals surface area (Å²) in [6.07, 6.45) is 0.137. The molecule has 23 heavy (non-hydrogen) atoms. The van der Waals surface area contributed by atoms with Crippen LogP contribution in [0.1, 0.15) is 18.9 Å². The summed E-state index contributed by atoms with van der Waals surface area (Å²) in [6, 6.07) is 7.75. The molecule has 0 aliphatic carbocycles. The van der Waals surface area contributed by atoms with E-state index in [1.54, 1.807) is 14.1 Å². The Bertz CT molecular complexity index is 690. The molecule has 0 saturated carbocycles. The second-order valence-corrected chi connectivity index (χ2v) is 7.04. The SMILES string of the molecule is CNC(=O)CC1S/C(=N\N=C(/C)c2cccc(Br)c2)N(C)C1=O. The van der Waals surface area contributed by atoms with E-state index in [2.05, 4.69) is 31.4 Å². The molecule has 1 heterocycles. The van der Waals surface area contributed by atoms with Gasteiger partial charge in [-0.2, -0.15) is 5.10 Å². The third-order valence-corrected chi connectivity index (χ3v) is 5.03. The first-order chi connectivity index (χ1) is 10.9. The van der Waals surface area contributed by atoms with Gasteiger partial charge in [0.25, 0.3) is 0 Å². The van der Waals surface area contributed by atoms with Gasteiger partial charge < -0.3 is 5.32 Å². The molecule has 8 heteroatoms. The molecule has 2 rings (SSSR count). The van der Waals surface area contributed by atoms with Crippen molar-refractivity contribution in [3.63, 3.8) is 0 Å². The van der Waals surface area contributed by atoms with E-state index in [0.29, 0.717) is 5.17 Å². The molecule has 1 aromatic rings. The second kappa shape index (κ2) is 7.74. The molecular formula is C15H17BrN4O2S. The highest BCUT2D eigenvalue weighted by Crippen LogP contribution is 2.28. The molecular weight excluding hydrogens is 380 g/mol. The normalized spacial score (nSPS) is 20.3. The smallest absolute Gasteiger partial charge is 0.242 e. The van der Waals surface area contributed by atoms with Crippen molar-refractivity contribution in [3.8, 4) is 0 Å². The molecule has 0 bridgehead atoms. The van der Waals surface area contributed by atoms with Crippen molar-refractivity contribution in [3.05, 3.63) is 34.3 Å². The van der Waals surface area contributed by atoms with Crippen LogP contribution < -0.4 is 5.32 Å². The third kappa shape index (κ3) is 4.42. The number of amidine groups is 1. The van der Waals surface area contributed by atoms with Crippen molar-refractivity contribution in [1.29, 1.82) is 0 Å². The lowest BCUT2D eigenvalue weighted by Gasteiger charge is -2.07. The zero-order valence-corrected chi connectivity index (χ0v) is 15.4. The topological polar surface area (TPSA) is 74.1 Å². The van der Waals surface area contributed by atoms with Crippen molar-refractivity contribution < 1.29 is 9.59 Å². The maximum Gasteiger partial charge on any atom is 0.242 e. The maximum absolute atomic E-state index is 12.1. The predicted molar refractivity (Wildman–Crippen MR) is 96.6 cm³/mol. The van der Waals surface area contributed by atoms with E-state index in [1.165, 1.54) is 16.7 Å². The average Bonchev–Trinajstić information content (AvgIpc) is 2.80. The number of carbonyl (C=O) groups is 2. The van der Waals surface area contributed by atoms with Crippen LogP contribution in [0.25, 0.3) is 0 Å². The minimum Gasteiger partial charge on any atom is -0.359 e. The van der Waals surface area contributed by atoms with Crippen LogP contribution in [0, 0.1) is 0 Å². The van der Waals surface area contributed by atoms with Gasteiger partial charge >= 0.3 is 0 Å². The summed E-state index contributed by atoms with van der Waals surface area (Å²) < 4.78 is 0.963. The minimum absolute atomic E-state index is 0.132. The fourth-order valence-corrected chi connectivity index (χ4v) is 3.43. The highest BCUT2D eigenvalue weighted by Gasteiger charge is 2.36. The van der Waals surface area contributed by atoms with Gasteiger partial charge in [-0.05, 0) is 24.6 Å². The number of thioether (sulfide) groups is 1. The summed E-state index contributed by atoms with van der Waals surface area (Å²) in [7, 11) is 3.19. The molecule has 1 fully saturated rings. The zero-order chi connectivity index (χ0) is 17.0. The molecule has 1 N–H and O–H groups in total. The lowest BCUT2D eigenvalue weighted by molar-refractivity contribution is -0.128. The molecule has 1 aliphatic rings. The van der Waals surface area contributed by atoms with Crippen molar-refractivity contribution in [1.82, 2.24) is 10.2 Å². The lowest BCUT2D eigenvalue weighted by atomic mass is 10.1. The Labute approximate surface area is 147 Å². The number of carbonyl (C=O) groups excluding carboxylic acids is 2. The van der Waals surface area contributed by atoms with E-state index in [1.807, 2.05) is 31.2 Å². The first kappa shape index (κ1) is 17.7. The molecule has 0 spiro atoms. The molecule has 0 radical (unpaired) electrons. The molecule has 1 unspecified atom stereocenters. The van der Waals surface area contributed by atoms with Crippen molar-refractivity contribution in [2.75, 3.05) is 14.1 Å². The van der Waals surface area contributed by atoms with Gasteiger partial charge in [-0.3, -0.25) is 14.5 Å². The number of rotatable bonds is 4. The van der Waals surface area contributed by atoms with Gasteiger partial charge in [0.2, 0.25) is 11.8 Å². The van der Waals surface area contributed by atoms with E-state index in [-0.39, 0.29) is 18.2 Å². The second-order valence-electron chi connectivity index (χ2n) is 4.96. The Kier molecular flexibility index (Phi) is 5.95. The standard InChI is InChI=1S/C15H17BrN4O2S/c1-9(10-5-4-6-11(16)7-10)18-19-15-20(3)14(22)12(23-15)8-13(21)17-2/h4-7,12H,8H2,1-3H3,(H,17,21)/b18-9+,19-15-. The van der Waals surface area contributed by atoms with Gasteiger partial charge in [-0.1, -0.05) is 39.8 Å². The zero-order valence-electron chi connectivity index (χ0n) is 13.0. The Morgan fingerprint density at radius 2 is 2.22 bits per heavy atom. The van der Waals surface area contributed by atoms with Crippen LogP contribution in [0.5, 0.6) is 0 Å². The summed E-state index contributed by atoms with van der Waals surface area (Å²) in [5.74, 6) is -0.299.